The SMILES string of the molecule is Fc1ccc(CNC2CCN(c3ccc(F)nc3)C2)c(Cl)c1. The highest BCUT2D eigenvalue weighted by molar-refractivity contribution is 6.31. The summed E-state index contributed by atoms with van der Waals surface area (Å²) < 4.78 is 25.9. The fourth-order valence-electron chi connectivity index (χ4n) is 2.64. The van der Waals surface area contributed by atoms with Gasteiger partial charge in [-0.05, 0) is 36.2 Å². The van der Waals surface area contributed by atoms with Crippen molar-refractivity contribution in [2.45, 2.75) is 19.0 Å². The van der Waals surface area contributed by atoms with Gasteiger partial charge >= 0.3 is 0 Å². The summed E-state index contributed by atoms with van der Waals surface area (Å²) in [5.41, 5.74) is 1.80. The summed E-state index contributed by atoms with van der Waals surface area (Å²) in [7, 11) is 0. The minimum absolute atomic E-state index is 0.311. The molecule has 1 fully saturated rings. The smallest absolute Gasteiger partial charge is 0.212 e. The zero-order valence-corrected chi connectivity index (χ0v) is 12.7. The molecule has 2 heterocycles. The van der Waals surface area contributed by atoms with Gasteiger partial charge in [-0.1, -0.05) is 17.7 Å². The van der Waals surface area contributed by atoms with Gasteiger partial charge in [0.15, 0.2) is 0 Å². The summed E-state index contributed by atoms with van der Waals surface area (Å²) in [5, 5.41) is 3.86. The van der Waals surface area contributed by atoms with Crippen LogP contribution in [-0.4, -0.2) is 24.1 Å². The van der Waals surface area contributed by atoms with E-state index in [-0.39, 0.29) is 5.82 Å². The molecule has 0 saturated carbocycles. The maximum absolute atomic E-state index is 13.0. The molecule has 1 aliphatic heterocycles. The Hall–Kier alpha value is -1.72. The zero-order chi connectivity index (χ0) is 15.5. The van der Waals surface area contributed by atoms with Crippen molar-refractivity contribution in [2.24, 2.45) is 0 Å². The number of halogens is 3. The lowest BCUT2D eigenvalue weighted by Crippen LogP contribution is -2.32. The molecule has 6 heteroatoms. The summed E-state index contributed by atoms with van der Waals surface area (Å²) in [5.74, 6) is -0.798. The first-order valence-corrected chi connectivity index (χ1v) is 7.53. The molecule has 0 spiro atoms. The van der Waals surface area contributed by atoms with Crippen LogP contribution in [0.25, 0.3) is 0 Å². The number of rotatable bonds is 4. The first-order chi connectivity index (χ1) is 10.6. The predicted octanol–water partition coefficient (Wildman–Crippen LogP) is 3.38. The number of pyridine rings is 1. The standard InChI is InChI=1S/C16H16ClF2N3/c17-15-7-12(18)2-1-11(15)8-20-13-5-6-22(10-13)14-3-4-16(19)21-9-14/h1-4,7,9,13,20H,5-6,8,10H2. The van der Waals surface area contributed by atoms with Crippen molar-refractivity contribution < 1.29 is 8.78 Å². The van der Waals surface area contributed by atoms with Gasteiger partial charge in [-0.15, -0.1) is 0 Å². The van der Waals surface area contributed by atoms with Crippen LogP contribution < -0.4 is 10.2 Å². The molecule has 1 aromatic carbocycles. The number of hydrogen-bond donors (Lipinski definition) is 1. The lowest BCUT2D eigenvalue weighted by atomic mass is 10.2. The third kappa shape index (κ3) is 3.54. The zero-order valence-electron chi connectivity index (χ0n) is 11.9. The van der Waals surface area contributed by atoms with Crippen LogP contribution in [0.2, 0.25) is 5.02 Å². The summed E-state index contributed by atoms with van der Waals surface area (Å²) in [6.07, 6.45) is 2.53. The molecule has 0 radical (unpaired) electrons. The van der Waals surface area contributed by atoms with E-state index in [1.54, 1.807) is 18.3 Å². The van der Waals surface area contributed by atoms with Gasteiger partial charge in [0, 0.05) is 30.7 Å². The van der Waals surface area contributed by atoms with Crippen molar-refractivity contribution in [3.05, 3.63) is 58.9 Å². The van der Waals surface area contributed by atoms with Crippen LogP contribution in [0.15, 0.2) is 36.5 Å². The molecular weight excluding hydrogens is 308 g/mol. The van der Waals surface area contributed by atoms with Crippen molar-refractivity contribution in [1.82, 2.24) is 10.3 Å². The Morgan fingerprint density at radius 3 is 2.86 bits per heavy atom. The van der Waals surface area contributed by atoms with Crippen LogP contribution in [0.5, 0.6) is 0 Å². The average Bonchev–Trinajstić information content (AvgIpc) is 2.96. The number of anilines is 1. The minimum Gasteiger partial charge on any atom is -0.369 e. The maximum Gasteiger partial charge on any atom is 0.212 e. The van der Waals surface area contributed by atoms with Crippen molar-refractivity contribution in [1.29, 1.82) is 0 Å². The molecule has 116 valence electrons. The Kier molecular flexibility index (Phi) is 4.55. The first kappa shape index (κ1) is 15.2. The Balaban J connectivity index is 1.56. The molecule has 22 heavy (non-hydrogen) atoms. The largest absolute Gasteiger partial charge is 0.369 e. The van der Waals surface area contributed by atoms with E-state index in [1.807, 2.05) is 0 Å². The van der Waals surface area contributed by atoms with E-state index < -0.39 is 5.95 Å². The molecule has 1 saturated heterocycles. The number of nitrogens with one attached hydrogen (secondary N) is 1. The third-order valence-corrected chi connectivity index (χ3v) is 4.21. The highest BCUT2D eigenvalue weighted by Crippen LogP contribution is 2.21. The van der Waals surface area contributed by atoms with Crippen LogP contribution in [0.4, 0.5) is 14.5 Å². The second-order valence-corrected chi connectivity index (χ2v) is 5.79. The van der Waals surface area contributed by atoms with Crippen LogP contribution in [-0.2, 0) is 6.54 Å². The molecule has 2 aromatic rings. The highest BCUT2D eigenvalue weighted by Gasteiger charge is 2.22. The van der Waals surface area contributed by atoms with Gasteiger partial charge in [0.05, 0.1) is 11.9 Å². The summed E-state index contributed by atoms with van der Waals surface area (Å²) >= 11 is 6.02. The molecule has 1 atom stereocenters. The topological polar surface area (TPSA) is 28.2 Å². The highest BCUT2D eigenvalue weighted by atomic mass is 35.5. The third-order valence-electron chi connectivity index (χ3n) is 3.86. The normalized spacial score (nSPS) is 18.0. The monoisotopic (exact) mass is 323 g/mol. The molecule has 1 aromatic heterocycles. The van der Waals surface area contributed by atoms with Crippen molar-refractivity contribution in [3.63, 3.8) is 0 Å². The van der Waals surface area contributed by atoms with E-state index in [0.717, 1.165) is 30.8 Å². The summed E-state index contributed by atoms with van der Waals surface area (Å²) in [6, 6.07) is 7.85. The Morgan fingerprint density at radius 1 is 1.27 bits per heavy atom. The van der Waals surface area contributed by atoms with E-state index >= 15 is 0 Å². The molecule has 1 aliphatic rings. The lowest BCUT2D eigenvalue weighted by molar-refractivity contribution is 0.550. The molecular formula is C16H16ClF2N3. The second-order valence-electron chi connectivity index (χ2n) is 5.39. The van der Waals surface area contributed by atoms with Crippen molar-refractivity contribution in [2.75, 3.05) is 18.0 Å². The Bertz CT molecular complexity index is 648. The average molecular weight is 324 g/mol. The molecule has 0 aliphatic carbocycles. The molecule has 3 nitrogen and oxygen atoms in total. The molecule has 3 rings (SSSR count). The van der Waals surface area contributed by atoms with E-state index in [1.165, 1.54) is 18.2 Å². The van der Waals surface area contributed by atoms with Crippen LogP contribution in [0, 0.1) is 11.8 Å². The van der Waals surface area contributed by atoms with Gasteiger partial charge in [0.25, 0.3) is 0 Å². The molecule has 1 unspecified atom stereocenters. The van der Waals surface area contributed by atoms with Crippen molar-refractivity contribution in [3.8, 4) is 0 Å². The van der Waals surface area contributed by atoms with Crippen LogP contribution in [0.3, 0.4) is 0 Å². The van der Waals surface area contributed by atoms with Gasteiger partial charge in [0.1, 0.15) is 5.82 Å². The van der Waals surface area contributed by atoms with Gasteiger partial charge in [-0.3, -0.25) is 0 Å². The van der Waals surface area contributed by atoms with E-state index in [0.29, 0.717) is 17.6 Å². The minimum atomic E-state index is -0.469. The first-order valence-electron chi connectivity index (χ1n) is 7.15. The van der Waals surface area contributed by atoms with Gasteiger partial charge < -0.3 is 10.2 Å². The van der Waals surface area contributed by atoms with E-state index in [9.17, 15) is 8.78 Å². The Labute approximate surface area is 132 Å². The number of nitrogens with zero attached hydrogens (tertiary/aromatic N) is 2. The number of hydrogen-bond acceptors (Lipinski definition) is 3. The summed E-state index contributed by atoms with van der Waals surface area (Å²) in [4.78, 5) is 5.84. The van der Waals surface area contributed by atoms with Gasteiger partial charge in [0.2, 0.25) is 5.95 Å². The molecule has 0 amide bonds. The quantitative estimate of drug-likeness (QED) is 0.874. The summed E-state index contributed by atoms with van der Waals surface area (Å²) in [6.45, 7) is 2.31. The fourth-order valence-corrected chi connectivity index (χ4v) is 2.87. The second kappa shape index (κ2) is 6.58. The lowest BCUT2D eigenvalue weighted by Gasteiger charge is -2.18. The van der Waals surface area contributed by atoms with Crippen LogP contribution in [0.1, 0.15) is 12.0 Å². The van der Waals surface area contributed by atoms with Crippen molar-refractivity contribution >= 4 is 17.3 Å². The van der Waals surface area contributed by atoms with Gasteiger partial charge in [-0.25, -0.2) is 9.37 Å². The fraction of sp³-hybridized carbons (Fsp3) is 0.312. The maximum atomic E-state index is 13.0. The predicted molar refractivity (Wildman–Crippen MR) is 83.1 cm³/mol. The number of aromatic nitrogens is 1. The van der Waals surface area contributed by atoms with E-state index in [4.69, 9.17) is 11.6 Å². The van der Waals surface area contributed by atoms with Gasteiger partial charge in [-0.2, -0.15) is 4.39 Å². The number of benzene rings is 1. The Morgan fingerprint density at radius 2 is 2.14 bits per heavy atom. The molecule has 0 bridgehead atoms. The van der Waals surface area contributed by atoms with Crippen LogP contribution >= 0.6 is 11.6 Å². The molecule has 1 N–H and O–H groups in total. The van der Waals surface area contributed by atoms with E-state index in [2.05, 4.69) is 15.2 Å².